The predicted octanol–water partition coefficient (Wildman–Crippen LogP) is 5.61. The van der Waals surface area contributed by atoms with Gasteiger partial charge in [-0.15, -0.1) is 5.54 Å². The summed E-state index contributed by atoms with van der Waals surface area (Å²) < 4.78 is 0. The monoisotopic (exact) mass is 301 g/mol. The average molecular weight is 302 g/mol. The lowest BCUT2D eigenvalue weighted by molar-refractivity contribution is 0.838. The van der Waals surface area contributed by atoms with Gasteiger partial charge in [0.05, 0.1) is 0 Å². The molecule has 116 valence electrons. The molecule has 0 radical (unpaired) electrons. The van der Waals surface area contributed by atoms with E-state index in [0.29, 0.717) is 16.6 Å². The lowest BCUT2D eigenvalue weighted by Gasteiger charge is -2.38. The van der Waals surface area contributed by atoms with Crippen molar-refractivity contribution < 1.29 is 0 Å². The topological polar surface area (TPSA) is 12.0 Å². The van der Waals surface area contributed by atoms with Crippen LogP contribution in [0.25, 0.3) is 0 Å². The van der Waals surface area contributed by atoms with Gasteiger partial charge in [0.15, 0.2) is 0 Å². The lowest BCUT2D eigenvalue weighted by Crippen LogP contribution is -2.43. The Bertz CT molecular complexity index is 510. The van der Waals surface area contributed by atoms with Crippen molar-refractivity contribution in [3.8, 4) is 11.5 Å². The van der Waals surface area contributed by atoms with Crippen LogP contribution in [0.4, 0.5) is 5.69 Å². The SMILES string of the molecule is CNc1cc(C)ccc1C#C[Si](C(C)C)(C(C)C)C(C)C. The van der Waals surface area contributed by atoms with Gasteiger partial charge in [-0.1, -0.05) is 53.5 Å². The van der Waals surface area contributed by atoms with Gasteiger partial charge in [-0.2, -0.15) is 0 Å². The Labute approximate surface area is 132 Å². The molecule has 0 fully saturated rings. The molecule has 1 N–H and O–H groups in total. The number of hydrogen-bond donors (Lipinski definition) is 1. The predicted molar refractivity (Wildman–Crippen MR) is 98.7 cm³/mol. The van der Waals surface area contributed by atoms with Crippen molar-refractivity contribution in [1.82, 2.24) is 0 Å². The molecule has 0 aliphatic rings. The Morgan fingerprint density at radius 2 is 1.48 bits per heavy atom. The quantitative estimate of drug-likeness (QED) is 0.563. The van der Waals surface area contributed by atoms with Gasteiger partial charge in [-0.3, -0.25) is 0 Å². The molecule has 2 heteroatoms. The Hall–Kier alpha value is -1.20. The third kappa shape index (κ3) is 3.71. The number of aryl methyl sites for hydroxylation is 1. The normalized spacial score (nSPS) is 11.8. The summed E-state index contributed by atoms with van der Waals surface area (Å²) in [5, 5.41) is 3.27. The van der Waals surface area contributed by atoms with Crippen molar-refractivity contribution in [3.63, 3.8) is 0 Å². The van der Waals surface area contributed by atoms with E-state index >= 15 is 0 Å². The molecule has 21 heavy (non-hydrogen) atoms. The summed E-state index contributed by atoms with van der Waals surface area (Å²) in [6.45, 7) is 16.3. The van der Waals surface area contributed by atoms with Crippen LogP contribution < -0.4 is 5.32 Å². The van der Waals surface area contributed by atoms with Crippen LogP contribution in [0, 0.1) is 18.4 Å². The second kappa shape index (κ2) is 7.18. The van der Waals surface area contributed by atoms with E-state index in [-0.39, 0.29) is 0 Å². The number of hydrogen-bond acceptors (Lipinski definition) is 1. The first-order chi connectivity index (χ1) is 9.75. The Morgan fingerprint density at radius 3 is 1.90 bits per heavy atom. The first kappa shape index (κ1) is 17.8. The third-order valence-electron chi connectivity index (χ3n) is 4.72. The largest absolute Gasteiger partial charge is 0.387 e. The van der Waals surface area contributed by atoms with E-state index in [1.54, 1.807) is 0 Å². The summed E-state index contributed by atoms with van der Waals surface area (Å²) in [5.74, 6) is 3.53. The zero-order chi connectivity index (χ0) is 16.2. The Balaban J connectivity index is 3.35. The first-order valence-electron chi connectivity index (χ1n) is 8.07. The van der Waals surface area contributed by atoms with E-state index in [2.05, 4.69) is 83.4 Å². The first-order valence-corrected chi connectivity index (χ1v) is 10.3. The van der Waals surface area contributed by atoms with Crippen LogP contribution in [0.15, 0.2) is 18.2 Å². The van der Waals surface area contributed by atoms with Gasteiger partial charge in [-0.05, 0) is 41.2 Å². The summed E-state index contributed by atoms with van der Waals surface area (Å²) in [7, 11) is 0.322. The number of rotatable bonds is 4. The highest BCUT2D eigenvalue weighted by molar-refractivity contribution is 6.90. The molecular formula is C19H31NSi. The van der Waals surface area contributed by atoms with Gasteiger partial charge in [0, 0.05) is 18.3 Å². The minimum absolute atomic E-state index is 0.675. The van der Waals surface area contributed by atoms with Crippen molar-refractivity contribution in [2.24, 2.45) is 0 Å². The summed E-state index contributed by atoms with van der Waals surface area (Å²) in [6, 6.07) is 6.47. The van der Waals surface area contributed by atoms with Crippen molar-refractivity contribution in [3.05, 3.63) is 29.3 Å². The van der Waals surface area contributed by atoms with Gasteiger partial charge in [-0.25, -0.2) is 0 Å². The van der Waals surface area contributed by atoms with E-state index in [0.717, 1.165) is 11.3 Å². The zero-order valence-electron chi connectivity index (χ0n) is 15.0. The summed E-state index contributed by atoms with van der Waals surface area (Å²) in [4.78, 5) is 0. The van der Waals surface area contributed by atoms with Crippen LogP contribution in [0.5, 0.6) is 0 Å². The van der Waals surface area contributed by atoms with Crippen molar-refractivity contribution in [2.75, 3.05) is 12.4 Å². The molecule has 1 aromatic carbocycles. The molecule has 0 saturated heterocycles. The highest BCUT2D eigenvalue weighted by Gasteiger charge is 2.41. The van der Waals surface area contributed by atoms with Crippen molar-refractivity contribution >= 4 is 13.8 Å². The standard InChI is InChI=1S/C19H31NSi/c1-14(2)21(15(3)4,16(5)6)12-11-18-10-9-17(7)13-19(18)20-8/h9-10,13-16,20H,1-8H3. The molecule has 1 nitrogen and oxygen atoms in total. The fraction of sp³-hybridized carbons (Fsp3) is 0.579. The third-order valence-corrected chi connectivity index (χ3v) is 11.0. The molecule has 0 saturated carbocycles. The molecule has 0 amide bonds. The van der Waals surface area contributed by atoms with Gasteiger partial charge in [0.25, 0.3) is 0 Å². The van der Waals surface area contributed by atoms with E-state index in [4.69, 9.17) is 0 Å². The van der Waals surface area contributed by atoms with Crippen LogP contribution in [0.3, 0.4) is 0 Å². The summed E-state index contributed by atoms with van der Waals surface area (Å²) >= 11 is 0. The lowest BCUT2D eigenvalue weighted by atomic mass is 10.1. The molecule has 1 rings (SSSR count). The highest BCUT2D eigenvalue weighted by atomic mass is 28.3. The maximum absolute atomic E-state index is 3.79. The zero-order valence-corrected chi connectivity index (χ0v) is 16.0. The molecule has 0 heterocycles. The Morgan fingerprint density at radius 1 is 0.952 bits per heavy atom. The van der Waals surface area contributed by atoms with Gasteiger partial charge < -0.3 is 5.32 Å². The van der Waals surface area contributed by atoms with Crippen LogP contribution in [0.1, 0.15) is 52.7 Å². The van der Waals surface area contributed by atoms with Gasteiger partial charge in [0.1, 0.15) is 8.07 Å². The van der Waals surface area contributed by atoms with Crippen LogP contribution >= 0.6 is 0 Å². The van der Waals surface area contributed by atoms with Gasteiger partial charge in [0.2, 0.25) is 0 Å². The summed E-state index contributed by atoms with van der Waals surface area (Å²) in [5.41, 5.74) is 9.35. The molecule has 1 aromatic rings. The fourth-order valence-electron chi connectivity index (χ4n) is 3.58. The molecule has 0 aromatic heterocycles. The van der Waals surface area contributed by atoms with Crippen LogP contribution in [-0.2, 0) is 0 Å². The molecule has 0 spiro atoms. The van der Waals surface area contributed by atoms with Crippen LogP contribution in [0.2, 0.25) is 16.6 Å². The fourth-order valence-corrected chi connectivity index (χ4v) is 8.80. The smallest absolute Gasteiger partial charge is 0.146 e. The minimum atomic E-state index is -1.65. The van der Waals surface area contributed by atoms with Crippen molar-refractivity contribution in [2.45, 2.75) is 65.1 Å². The maximum atomic E-state index is 3.79. The molecular weight excluding hydrogens is 270 g/mol. The van der Waals surface area contributed by atoms with Gasteiger partial charge >= 0.3 is 0 Å². The van der Waals surface area contributed by atoms with E-state index in [9.17, 15) is 0 Å². The maximum Gasteiger partial charge on any atom is 0.146 e. The molecule has 0 aliphatic heterocycles. The highest BCUT2D eigenvalue weighted by Crippen LogP contribution is 2.40. The van der Waals surface area contributed by atoms with Crippen LogP contribution in [-0.4, -0.2) is 15.1 Å². The van der Waals surface area contributed by atoms with E-state index in [1.807, 2.05) is 7.05 Å². The summed E-state index contributed by atoms with van der Waals surface area (Å²) in [6.07, 6.45) is 0. The number of anilines is 1. The average Bonchev–Trinajstić information content (AvgIpc) is 2.39. The van der Waals surface area contributed by atoms with E-state index in [1.165, 1.54) is 5.56 Å². The van der Waals surface area contributed by atoms with E-state index < -0.39 is 8.07 Å². The minimum Gasteiger partial charge on any atom is -0.387 e. The number of nitrogens with one attached hydrogen (secondary N) is 1. The Kier molecular flexibility index (Phi) is 6.10. The second-order valence-electron chi connectivity index (χ2n) is 6.95. The molecule has 0 atom stereocenters. The molecule has 0 unspecified atom stereocenters. The van der Waals surface area contributed by atoms with Crippen molar-refractivity contribution in [1.29, 1.82) is 0 Å². The molecule has 0 aliphatic carbocycles. The molecule has 0 bridgehead atoms. The second-order valence-corrected chi connectivity index (χ2v) is 12.5. The number of benzene rings is 1.